The Hall–Kier alpha value is -3.56. The van der Waals surface area contributed by atoms with Gasteiger partial charge in [0.2, 0.25) is 11.8 Å². The molecule has 7 nitrogen and oxygen atoms in total. The van der Waals surface area contributed by atoms with Crippen LogP contribution in [0.5, 0.6) is 0 Å². The monoisotopic (exact) mass is 685 g/mol. The van der Waals surface area contributed by atoms with Gasteiger partial charge in [0.1, 0.15) is 12.6 Å². The molecule has 4 rings (SSSR count). The Balaban J connectivity index is 1.83. The molecule has 1 N–H and O–H groups in total. The molecule has 0 aliphatic rings. The van der Waals surface area contributed by atoms with Gasteiger partial charge in [-0.25, -0.2) is 8.42 Å². The first-order chi connectivity index (χ1) is 21.2. The Bertz CT molecular complexity index is 1710. The lowest BCUT2D eigenvalue weighted by Crippen LogP contribution is -2.56. The Kier molecular flexibility index (Phi) is 11.2. The first-order valence-corrected chi connectivity index (χ1v) is 16.7. The molecule has 4 aromatic rings. The van der Waals surface area contributed by atoms with Crippen LogP contribution in [0.4, 0.5) is 5.69 Å². The molecule has 0 aliphatic heterocycles. The number of rotatable bonds is 11. The van der Waals surface area contributed by atoms with E-state index >= 15 is 0 Å². The number of carbonyl (C=O) groups excluding carboxylic acids is 2. The molecule has 4 aromatic carbocycles. The van der Waals surface area contributed by atoms with E-state index in [4.69, 9.17) is 34.8 Å². The van der Waals surface area contributed by atoms with Crippen molar-refractivity contribution in [1.82, 2.24) is 10.2 Å². The maximum absolute atomic E-state index is 14.5. The fraction of sp³-hybridized carbons (Fsp3) is 0.235. The topological polar surface area (TPSA) is 86.8 Å². The first kappa shape index (κ1) is 34.3. The largest absolute Gasteiger partial charge is 0.350 e. The predicted octanol–water partition coefficient (Wildman–Crippen LogP) is 7.40. The van der Waals surface area contributed by atoms with Gasteiger partial charge < -0.3 is 10.2 Å². The van der Waals surface area contributed by atoms with Crippen LogP contribution < -0.4 is 9.62 Å². The van der Waals surface area contributed by atoms with Gasteiger partial charge in [0.15, 0.2) is 0 Å². The number of anilines is 1. The second kappa shape index (κ2) is 14.7. The van der Waals surface area contributed by atoms with Crippen molar-refractivity contribution in [2.24, 2.45) is 0 Å². The summed E-state index contributed by atoms with van der Waals surface area (Å²) < 4.78 is 29.1. The molecule has 0 aliphatic carbocycles. The number of benzene rings is 4. The van der Waals surface area contributed by atoms with Gasteiger partial charge in [0.25, 0.3) is 10.0 Å². The van der Waals surface area contributed by atoms with Gasteiger partial charge >= 0.3 is 0 Å². The van der Waals surface area contributed by atoms with Crippen molar-refractivity contribution in [3.05, 3.63) is 129 Å². The van der Waals surface area contributed by atoms with E-state index in [1.807, 2.05) is 51.1 Å². The van der Waals surface area contributed by atoms with Crippen molar-refractivity contribution < 1.29 is 18.0 Å². The molecule has 45 heavy (non-hydrogen) atoms. The summed E-state index contributed by atoms with van der Waals surface area (Å²) in [6, 6.07) is 27.4. The standard InChI is InChI=1S/C34H34Cl3N3O4S/c1-34(2,3)38-33(42)31(18-24-10-6-4-7-11-24)39(22-25-14-16-26(35)17-15-25)32(41)23-40(29-20-27(36)19-28(37)21-29)45(43,44)30-12-8-5-9-13-30/h4-17,19-21,31H,18,22-23H2,1-3H3,(H,38,42)/t31-/m1/s1. The summed E-state index contributed by atoms with van der Waals surface area (Å²) in [5.41, 5.74) is 1.05. The van der Waals surface area contributed by atoms with Crippen molar-refractivity contribution in [2.45, 2.75) is 50.2 Å². The Morgan fingerprint density at radius 3 is 1.87 bits per heavy atom. The SMILES string of the molecule is CC(C)(C)NC(=O)[C@@H](Cc1ccccc1)N(Cc1ccc(Cl)cc1)C(=O)CN(c1cc(Cl)cc(Cl)c1)S(=O)(=O)c1ccccc1. The molecular formula is C34H34Cl3N3O4S. The molecule has 0 aromatic heterocycles. The number of carbonyl (C=O) groups is 2. The highest BCUT2D eigenvalue weighted by molar-refractivity contribution is 7.92. The van der Waals surface area contributed by atoms with Gasteiger partial charge in [0, 0.05) is 33.6 Å². The second-order valence-corrected chi connectivity index (χ2v) is 14.7. The Morgan fingerprint density at radius 2 is 1.31 bits per heavy atom. The number of hydrogen-bond acceptors (Lipinski definition) is 4. The molecule has 0 unspecified atom stereocenters. The quantitative estimate of drug-likeness (QED) is 0.178. The van der Waals surface area contributed by atoms with Gasteiger partial charge in [-0.05, 0) is 74.4 Å². The lowest BCUT2D eigenvalue weighted by atomic mass is 10.0. The minimum absolute atomic E-state index is 0.0145. The van der Waals surface area contributed by atoms with Crippen molar-refractivity contribution in [3.63, 3.8) is 0 Å². The minimum atomic E-state index is -4.28. The van der Waals surface area contributed by atoms with Crippen LogP contribution in [0.3, 0.4) is 0 Å². The average Bonchev–Trinajstić information content (AvgIpc) is 2.98. The van der Waals surface area contributed by atoms with Crippen molar-refractivity contribution in [3.8, 4) is 0 Å². The summed E-state index contributed by atoms with van der Waals surface area (Å²) in [7, 11) is -4.28. The van der Waals surface area contributed by atoms with Crippen LogP contribution in [0, 0.1) is 0 Å². The van der Waals surface area contributed by atoms with Crippen LogP contribution in [0.2, 0.25) is 15.1 Å². The summed E-state index contributed by atoms with van der Waals surface area (Å²) in [4.78, 5) is 29.8. The third kappa shape index (κ3) is 9.47. The molecule has 1 atom stereocenters. The maximum Gasteiger partial charge on any atom is 0.264 e. The molecule has 0 spiro atoms. The highest BCUT2D eigenvalue weighted by Gasteiger charge is 2.35. The van der Waals surface area contributed by atoms with E-state index in [0.29, 0.717) is 10.6 Å². The zero-order valence-corrected chi connectivity index (χ0v) is 28.2. The summed E-state index contributed by atoms with van der Waals surface area (Å²) >= 11 is 18.7. The van der Waals surface area contributed by atoms with Gasteiger partial charge in [-0.3, -0.25) is 13.9 Å². The van der Waals surface area contributed by atoms with E-state index in [1.54, 1.807) is 42.5 Å². The zero-order valence-electron chi connectivity index (χ0n) is 25.1. The van der Waals surface area contributed by atoms with Gasteiger partial charge in [-0.15, -0.1) is 0 Å². The minimum Gasteiger partial charge on any atom is -0.350 e. The van der Waals surface area contributed by atoms with Crippen LogP contribution in [0.15, 0.2) is 108 Å². The van der Waals surface area contributed by atoms with Gasteiger partial charge in [-0.1, -0.05) is 95.5 Å². The fourth-order valence-corrected chi connectivity index (χ4v) is 6.78. The number of nitrogens with zero attached hydrogens (tertiary/aromatic N) is 2. The summed E-state index contributed by atoms with van der Waals surface area (Å²) in [5, 5.41) is 3.91. The predicted molar refractivity (Wildman–Crippen MR) is 181 cm³/mol. The molecular weight excluding hydrogens is 653 g/mol. The third-order valence-corrected chi connectivity index (χ3v) is 9.26. The van der Waals surface area contributed by atoms with E-state index < -0.39 is 34.1 Å². The van der Waals surface area contributed by atoms with E-state index in [9.17, 15) is 18.0 Å². The van der Waals surface area contributed by atoms with E-state index in [1.165, 1.54) is 35.2 Å². The van der Waals surface area contributed by atoms with Gasteiger partial charge in [-0.2, -0.15) is 0 Å². The summed E-state index contributed by atoms with van der Waals surface area (Å²) in [6.07, 6.45) is 0.191. The molecule has 0 saturated heterocycles. The molecule has 2 amide bonds. The number of hydrogen-bond donors (Lipinski definition) is 1. The van der Waals surface area contributed by atoms with Crippen LogP contribution >= 0.6 is 34.8 Å². The van der Waals surface area contributed by atoms with Crippen LogP contribution in [0.25, 0.3) is 0 Å². The molecule has 0 heterocycles. The van der Waals surface area contributed by atoms with Gasteiger partial charge in [0.05, 0.1) is 10.6 Å². The molecule has 236 valence electrons. The van der Waals surface area contributed by atoms with Crippen molar-refractivity contribution in [2.75, 3.05) is 10.8 Å². The highest BCUT2D eigenvalue weighted by Crippen LogP contribution is 2.30. The number of halogens is 3. The van der Waals surface area contributed by atoms with E-state index in [0.717, 1.165) is 9.87 Å². The van der Waals surface area contributed by atoms with Crippen molar-refractivity contribution in [1.29, 1.82) is 0 Å². The first-order valence-electron chi connectivity index (χ1n) is 14.2. The van der Waals surface area contributed by atoms with E-state index in [-0.39, 0.29) is 39.5 Å². The number of nitrogens with one attached hydrogen (secondary N) is 1. The normalized spacial score (nSPS) is 12.3. The summed E-state index contributed by atoms with van der Waals surface area (Å²) in [5.74, 6) is -0.984. The van der Waals surface area contributed by atoms with Crippen LogP contribution in [-0.2, 0) is 32.6 Å². The Morgan fingerprint density at radius 1 is 0.756 bits per heavy atom. The smallest absolute Gasteiger partial charge is 0.264 e. The van der Waals surface area contributed by atoms with Crippen molar-refractivity contribution >= 4 is 62.3 Å². The zero-order chi connectivity index (χ0) is 32.8. The summed E-state index contributed by atoms with van der Waals surface area (Å²) in [6.45, 7) is 4.95. The molecule has 0 bridgehead atoms. The lowest BCUT2D eigenvalue weighted by molar-refractivity contribution is -0.140. The number of sulfonamides is 1. The molecule has 0 fully saturated rings. The second-order valence-electron chi connectivity index (χ2n) is 11.5. The Labute approximate surface area is 279 Å². The molecule has 11 heteroatoms. The molecule has 0 saturated carbocycles. The van der Waals surface area contributed by atoms with Crippen LogP contribution in [-0.4, -0.2) is 43.3 Å². The lowest BCUT2D eigenvalue weighted by Gasteiger charge is -2.35. The van der Waals surface area contributed by atoms with E-state index in [2.05, 4.69) is 5.32 Å². The third-order valence-electron chi connectivity index (χ3n) is 6.78. The highest BCUT2D eigenvalue weighted by atomic mass is 35.5. The fourth-order valence-electron chi connectivity index (χ4n) is 4.73. The number of amides is 2. The molecule has 0 radical (unpaired) electrons. The average molecular weight is 687 g/mol. The van der Waals surface area contributed by atoms with Crippen LogP contribution in [0.1, 0.15) is 31.9 Å². The maximum atomic E-state index is 14.5.